The molecule has 1 aliphatic carbocycles. The summed E-state index contributed by atoms with van der Waals surface area (Å²) < 4.78 is 0. The van der Waals surface area contributed by atoms with Crippen molar-refractivity contribution in [1.82, 2.24) is 5.32 Å². The fourth-order valence-electron chi connectivity index (χ4n) is 2.20. The van der Waals surface area contributed by atoms with Gasteiger partial charge in [-0.3, -0.25) is 0 Å². The maximum atomic E-state index is 3.90. The Bertz CT molecular complexity index is 95.0. The Balaban J connectivity index is 2.27. The van der Waals surface area contributed by atoms with E-state index < -0.39 is 0 Å². The molecule has 65 valence electrons. The molecular formula is C10H20N. The van der Waals surface area contributed by atoms with Crippen molar-refractivity contribution in [3.8, 4) is 0 Å². The van der Waals surface area contributed by atoms with Gasteiger partial charge in [0.15, 0.2) is 0 Å². The van der Waals surface area contributed by atoms with Crippen molar-refractivity contribution in [2.45, 2.75) is 44.6 Å². The molecular weight excluding hydrogens is 134 g/mol. The smallest absolute Gasteiger partial charge is 0.00923 e. The minimum Gasteiger partial charge on any atom is -0.317 e. The zero-order chi connectivity index (χ0) is 8.10. The van der Waals surface area contributed by atoms with Crippen LogP contribution < -0.4 is 5.32 Å². The summed E-state index contributed by atoms with van der Waals surface area (Å²) in [5, 5.41) is 3.40. The van der Waals surface area contributed by atoms with Gasteiger partial charge in [-0.05, 0) is 32.2 Å². The summed E-state index contributed by atoms with van der Waals surface area (Å²) in [5.41, 5.74) is 0. The van der Waals surface area contributed by atoms with Gasteiger partial charge in [-0.25, -0.2) is 0 Å². The first-order valence-electron chi connectivity index (χ1n) is 4.85. The van der Waals surface area contributed by atoms with E-state index in [1.165, 1.54) is 32.1 Å². The molecule has 1 saturated carbocycles. The van der Waals surface area contributed by atoms with Crippen molar-refractivity contribution in [1.29, 1.82) is 0 Å². The van der Waals surface area contributed by atoms with Gasteiger partial charge in [0.1, 0.15) is 0 Å². The van der Waals surface area contributed by atoms with Gasteiger partial charge in [0, 0.05) is 6.04 Å². The van der Waals surface area contributed by atoms with Crippen LogP contribution in [0, 0.1) is 12.8 Å². The van der Waals surface area contributed by atoms with E-state index in [9.17, 15) is 0 Å². The second-order valence-corrected chi connectivity index (χ2v) is 3.58. The highest BCUT2D eigenvalue weighted by Gasteiger charge is 2.22. The van der Waals surface area contributed by atoms with E-state index in [1.807, 2.05) is 0 Å². The molecule has 11 heavy (non-hydrogen) atoms. The fraction of sp³-hybridized carbons (Fsp3) is 0.900. The molecule has 1 heteroatoms. The maximum absolute atomic E-state index is 3.90. The summed E-state index contributed by atoms with van der Waals surface area (Å²) in [6, 6.07) is 0.745. The zero-order valence-corrected chi connectivity index (χ0v) is 7.60. The van der Waals surface area contributed by atoms with Crippen molar-refractivity contribution in [3.05, 3.63) is 6.92 Å². The number of hydrogen-bond donors (Lipinski definition) is 1. The second kappa shape index (κ2) is 4.76. The molecule has 0 amide bonds. The molecule has 0 bridgehead atoms. The van der Waals surface area contributed by atoms with Crippen LogP contribution in [0.25, 0.3) is 0 Å². The van der Waals surface area contributed by atoms with E-state index >= 15 is 0 Å². The van der Waals surface area contributed by atoms with Crippen LogP contribution in [-0.4, -0.2) is 13.1 Å². The second-order valence-electron chi connectivity index (χ2n) is 3.58. The first-order chi connectivity index (χ1) is 5.38. The summed E-state index contributed by atoms with van der Waals surface area (Å²) >= 11 is 0. The van der Waals surface area contributed by atoms with Crippen molar-refractivity contribution in [2.24, 2.45) is 5.92 Å². The Labute approximate surface area is 70.6 Å². The van der Waals surface area contributed by atoms with E-state index in [2.05, 4.69) is 19.3 Å². The number of hydrogen-bond acceptors (Lipinski definition) is 1. The van der Waals surface area contributed by atoms with Crippen LogP contribution in [0.1, 0.15) is 38.5 Å². The first kappa shape index (κ1) is 9.05. The van der Waals surface area contributed by atoms with E-state index in [0.29, 0.717) is 0 Å². The zero-order valence-electron chi connectivity index (χ0n) is 7.60. The molecule has 0 aromatic heterocycles. The third kappa shape index (κ3) is 2.48. The molecule has 1 unspecified atom stereocenters. The van der Waals surface area contributed by atoms with Crippen molar-refractivity contribution in [3.63, 3.8) is 0 Å². The third-order valence-corrected chi connectivity index (χ3v) is 2.85. The molecule has 1 radical (unpaired) electrons. The lowest BCUT2D eigenvalue weighted by Gasteiger charge is -2.21. The molecule has 0 heterocycles. The average molecular weight is 154 g/mol. The van der Waals surface area contributed by atoms with Crippen molar-refractivity contribution < 1.29 is 0 Å². The normalized spacial score (nSPS) is 22.4. The predicted octanol–water partition coefficient (Wildman–Crippen LogP) is 2.38. The highest BCUT2D eigenvalue weighted by molar-refractivity contribution is 4.79. The van der Waals surface area contributed by atoms with Gasteiger partial charge in [0.05, 0.1) is 0 Å². The van der Waals surface area contributed by atoms with E-state index in [4.69, 9.17) is 0 Å². The average Bonchev–Trinajstić information content (AvgIpc) is 2.52. The standard InChI is InChI=1S/C10H20N/c1-3-6-10(11-2)9-7-4-5-8-9/h9-11H,1,3-8H2,2H3. The highest BCUT2D eigenvalue weighted by atomic mass is 14.9. The molecule has 0 aromatic carbocycles. The summed E-state index contributed by atoms with van der Waals surface area (Å²) in [4.78, 5) is 0. The maximum Gasteiger partial charge on any atom is 0.00923 e. The Morgan fingerprint density at radius 2 is 2.09 bits per heavy atom. The van der Waals surface area contributed by atoms with Gasteiger partial charge in [0.2, 0.25) is 0 Å². The number of rotatable bonds is 4. The van der Waals surface area contributed by atoms with Crippen molar-refractivity contribution in [2.75, 3.05) is 7.05 Å². The molecule has 1 aliphatic rings. The van der Waals surface area contributed by atoms with Crippen molar-refractivity contribution >= 4 is 0 Å². The Hall–Kier alpha value is -0.0400. The third-order valence-electron chi connectivity index (χ3n) is 2.85. The molecule has 1 rings (SSSR count). The van der Waals surface area contributed by atoms with Gasteiger partial charge in [-0.2, -0.15) is 0 Å². The monoisotopic (exact) mass is 154 g/mol. The lowest BCUT2D eigenvalue weighted by Crippen LogP contribution is -2.31. The quantitative estimate of drug-likeness (QED) is 0.655. The Kier molecular flexibility index (Phi) is 3.92. The van der Waals surface area contributed by atoms with Crippen LogP contribution in [0.3, 0.4) is 0 Å². The minimum atomic E-state index is 0.745. The van der Waals surface area contributed by atoms with Crippen LogP contribution in [0.5, 0.6) is 0 Å². The molecule has 0 aromatic rings. The van der Waals surface area contributed by atoms with E-state index in [1.54, 1.807) is 0 Å². The van der Waals surface area contributed by atoms with Crippen LogP contribution >= 0.6 is 0 Å². The molecule has 1 nitrogen and oxygen atoms in total. The molecule has 0 saturated heterocycles. The van der Waals surface area contributed by atoms with Gasteiger partial charge >= 0.3 is 0 Å². The van der Waals surface area contributed by atoms with Gasteiger partial charge in [-0.1, -0.05) is 26.2 Å². The minimum absolute atomic E-state index is 0.745. The Morgan fingerprint density at radius 3 is 2.55 bits per heavy atom. The topological polar surface area (TPSA) is 12.0 Å². The lowest BCUT2D eigenvalue weighted by atomic mass is 9.95. The van der Waals surface area contributed by atoms with Crippen LogP contribution in [0.2, 0.25) is 0 Å². The van der Waals surface area contributed by atoms with Gasteiger partial charge in [0.25, 0.3) is 0 Å². The van der Waals surface area contributed by atoms with Gasteiger partial charge in [-0.15, -0.1) is 0 Å². The molecule has 1 fully saturated rings. The summed E-state index contributed by atoms with van der Waals surface area (Å²) in [6.45, 7) is 3.90. The van der Waals surface area contributed by atoms with Crippen LogP contribution in [0.4, 0.5) is 0 Å². The first-order valence-corrected chi connectivity index (χ1v) is 4.85. The SMILES string of the molecule is [CH2]CCC(NC)C1CCCC1. The van der Waals surface area contributed by atoms with E-state index in [-0.39, 0.29) is 0 Å². The summed E-state index contributed by atoms with van der Waals surface area (Å²) in [6.07, 6.45) is 8.08. The molecule has 0 aliphatic heterocycles. The fourth-order valence-corrected chi connectivity index (χ4v) is 2.20. The van der Waals surface area contributed by atoms with Crippen LogP contribution in [-0.2, 0) is 0 Å². The summed E-state index contributed by atoms with van der Waals surface area (Å²) in [7, 11) is 2.08. The van der Waals surface area contributed by atoms with Crippen LogP contribution in [0.15, 0.2) is 0 Å². The molecule has 0 spiro atoms. The van der Waals surface area contributed by atoms with Gasteiger partial charge < -0.3 is 5.32 Å². The van der Waals surface area contributed by atoms with E-state index in [0.717, 1.165) is 18.4 Å². The molecule has 1 atom stereocenters. The lowest BCUT2D eigenvalue weighted by molar-refractivity contribution is 0.361. The molecule has 1 N–H and O–H groups in total. The highest BCUT2D eigenvalue weighted by Crippen LogP contribution is 2.29. The predicted molar refractivity (Wildman–Crippen MR) is 49.4 cm³/mol. The number of nitrogens with one attached hydrogen (secondary N) is 1. The summed E-state index contributed by atoms with van der Waals surface area (Å²) in [5.74, 6) is 0.946. The largest absolute Gasteiger partial charge is 0.317 e. The Morgan fingerprint density at radius 1 is 1.45 bits per heavy atom.